The van der Waals surface area contributed by atoms with Crippen molar-refractivity contribution in [2.24, 2.45) is 5.73 Å². The fraction of sp³-hybridized carbons (Fsp3) is 0.286. The Morgan fingerprint density at radius 3 is 2.79 bits per heavy atom. The number of amides is 1. The molecule has 1 aromatic carbocycles. The number of benzene rings is 1. The molecule has 0 radical (unpaired) electrons. The van der Waals surface area contributed by atoms with E-state index in [0.717, 1.165) is 16.5 Å². The molecule has 0 atom stereocenters. The summed E-state index contributed by atoms with van der Waals surface area (Å²) in [4.78, 5) is 15.1. The molecule has 100 valence electrons. The number of carbonyl (C=O) groups excluding carboxylic acids is 1. The highest BCUT2D eigenvalue weighted by molar-refractivity contribution is 5.98. The summed E-state index contributed by atoms with van der Waals surface area (Å²) in [5, 5.41) is 5.19. The maximum Gasteiger partial charge on any atom is 0.219 e. The Bertz CT molecular complexity index is 622. The van der Waals surface area contributed by atoms with Crippen LogP contribution in [-0.2, 0) is 4.79 Å². The third kappa shape index (κ3) is 2.93. The van der Waals surface area contributed by atoms with Crippen LogP contribution in [0.3, 0.4) is 0 Å². The summed E-state index contributed by atoms with van der Waals surface area (Å²) in [6.07, 6.45) is 3.71. The molecule has 0 aliphatic carbocycles. The van der Waals surface area contributed by atoms with Crippen molar-refractivity contribution in [2.45, 2.75) is 25.8 Å². The van der Waals surface area contributed by atoms with Crippen molar-refractivity contribution >= 4 is 28.1 Å². The van der Waals surface area contributed by atoms with Gasteiger partial charge in [0.05, 0.1) is 11.4 Å². The van der Waals surface area contributed by atoms with Gasteiger partial charge in [-0.25, -0.2) is 0 Å². The molecule has 0 aliphatic heterocycles. The van der Waals surface area contributed by atoms with Gasteiger partial charge in [-0.15, -0.1) is 0 Å². The molecule has 5 nitrogen and oxygen atoms in total. The fourth-order valence-electron chi connectivity index (χ4n) is 2.15. The van der Waals surface area contributed by atoms with Crippen LogP contribution in [0.25, 0.3) is 10.8 Å². The Kier molecular flexibility index (Phi) is 3.29. The zero-order valence-corrected chi connectivity index (χ0v) is 11.1. The SMILES string of the molecule is CC(C)(CC(N)=O)Nc1ccc2cnccc2c1N. The summed E-state index contributed by atoms with van der Waals surface area (Å²) in [5.74, 6) is -0.346. The smallest absolute Gasteiger partial charge is 0.219 e. The first-order valence-electron chi connectivity index (χ1n) is 6.08. The lowest BCUT2D eigenvalue weighted by molar-refractivity contribution is -0.118. The molecule has 19 heavy (non-hydrogen) atoms. The predicted molar refractivity (Wildman–Crippen MR) is 77.7 cm³/mol. The molecule has 0 fully saturated rings. The van der Waals surface area contributed by atoms with E-state index in [9.17, 15) is 4.79 Å². The summed E-state index contributed by atoms with van der Waals surface area (Å²) in [6, 6.07) is 5.71. The number of anilines is 2. The van der Waals surface area contributed by atoms with Crippen LogP contribution in [-0.4, -0.2) is 16.4 Å². The van der Waals surface area contributed by atoms with Crippen LogP contribution in [0.2, 0.25) is 0 Å². The maximum absolute atomic E-state index is 11.0. The topological polar surface area (TPSA) is 94.0 Å². The first-order chi connectivity index (χ1) is 8.89. The lowest BCUT2D eigenvalue weighted by atomic mass is 9.99. The second kappa shape index (κ2) is 4.76. The van der Waals surface area contributed by atoms with Gasteiger partial charge in [0, 0.05) is 35.1 Å². The lowest BCUT2D eigenvalue weighted by Gasteiger charge is -2.27. The molecule has 1 aromatic heterocycles. The van der Waals surface area contributed by atoms with Crippen molar-refractivity contribution in [3.63, 3.8) is 0 Å². The number of pyridine rings is 1. The molecule has 0 aliphatic rings. The minimum atomic E-state index is -0.444. The van der Waals surface area contributed by atoms with Crippen LogP contribution >= 0.6 is 0 Å². The zero-order valence-electron chi connectivity index (χ0n) is 11.1. The number of hydrogen-bond donors (Lipinski definition) is 3. The van der Waals surface area contributed by atoms with Crippen LogP contribution in [0, 0.1) is 0 Å². The molecule has 2 aromatic rings. The van der Waals surface area contributed by atoms with E-state index in [2.05, 4.69) is 10.3 Å². The van der Waals surface area contributed by atoms with E-state index in [1.54, 1.807) is 12.4 Å². The summed E-state index contributed by atoms with van der Waals surface area (Å²) in [6.45, 7) is 3.82. The second-order valence-electron chi connectivity index (χ2n) is 5.28. The van der Waals surface area contributed by atoms with Gasteiger partial charge in [0.15, 0.2) is 0 Å². The molecule has 0 unspecified atom stereocenters. The van der Waals surface area contributed by atoms with Crippen molar-refractivity contribution < 1.29 is 4.79 Å². The number of nitrogens with two attached hydrogens (primary N) is 2. The van der Waals surface area contributed by atoms with Gasteiger partial charge in [0.25, 0.3) is 0 Å². The van der Waals surface area contributed by atoms with Crippen LogP contribution in [0.4, 0.5) is 11.4 Å². The molecule has 0 bridgehead atoms. The highest BCUT2D eigenvalue weighted by Gasteiger charge is 2.21. The van der Waals surface area contributed by atoms with E-state index in [1.165, 1.54) is 0 Å². The summed E-state index contributed by atoms with van der Waals surface area (Å²) in [5.41, 5.74) is 12.4. The third-order valence-electron chi connectivity index (χ3n) is 2.95. The number of aromatic nitrogens is 1. The molecule has 1 heterocycles. The molecule has 0 spiro atoms. The van der Waals surface area contributed by atoms with Crippen LogP contribution < -0.4 is 16.8 Å². The molecular formula is C14H18N4O. The predicted octanol–water partition coefficient (Wildman–Crippen LogP) is 1.88. The first kappa shape index (κ1) is 13.1. The number of hydrogen-bond acceptors (Lipinski definition) is 4. The first-order valence-corrected chi connectivity index (χ1v) is 6.08. The Hall–Kier alpha value is -2.30. The van der Waals surface area contributed by atoms with Crippen LogP contribution in [0.5, 0.6) is 0 Å². The van der Waals surface area contributed by atoms with Gasteiger partial charge in [-0.2, -0.15) is 0 Å². The third-order valence-corrected chi connectivity index (χ3v) is 2.95. The highest BCUT2D eigenvalue weighted by Crippen LogP contribution is 2.30. The summed E-state index contributed by atoms with van der Waals surface area (Å²) >= 11 is 0. The number of nitrogens with zero attached hydrogens (tertiary/aromatic N) is 1. The van der Waals surface area contributed by atoms with Crippen molar-refractivity contribution in [2.75, 3.05) is 11.1 Å². The summed E-state index contributed by atoms with van der Waals surface area (Å²) < 4.78 is 0. The normalized spacial score (nSPS) is 11.5. The largest absolute Gasteiger partial charge is 0.397 e. The van der Waals surface area contributed by atoms with Gasteiger partial charge in [-0.1, -0.05) is 6.07 Å². The fourth-order valence-corrected chi connectivity index (χ4v) is 2.15. The lowest BCUT2D eigenvalue weighted by Crippen LogP contribution is -2.36. The quantitative estimate of drug-likeness (QED) is 0.730. The van der Waals surface area contributed by atoms with Crippen LogP contribution in [0.1, 0.15) is 20.3 Å². The molecule has 2 rings (SSSR count). The number of carbonyl (C=O) groups is 1. The van der Waals surface area contributed by atoms with E-state index < -0.39 is 5.54 Å². The van der Waals surface area contributed by atoms with Gasteiger partial charge in [-0.05, 0) is 26.0 Å². The van der Waals surface area contributed by atoms with Gasteiger partial charge >= 0.3 is 0 Å². The second-order valence-corrected chi connectivity index (χ2v) is 5.28. The van der Waals surface area contributed by atoms with Crippen molar-refractivity contribution in [3.05, 3.63) is 30.6 Å². The van der Waals surface area contributed by atoms with Gasteiger partial charge in [0.1, 0.15) is 0 Å². The van der Waals surface area contributed by atoms with E-state index in [4.69, 9.17) is 11.5 Å². The minimum Gasteiger partial charge on any atom is -0.397 e. The van der Waals surface area contributed by atoms with Crippen molar-refractivity contribution in [1.29, 1.82) is 0 Å². The number of nitrogens with one attached hydrogen (secondary N) is 1. The van der Waals surface area contributed by atoms with Gasteiger partial charge in [0.2, 0.25) is 5.91 Å². The highest BCUT2D eigenvalue weighted by atomic mass is 16.1. The molecular weight excluding hydrogens is 240 g/mol. The van der Waals surface area contributed by atoms with Crippen LogP contribution in [0.15, 0.2) is 30.6 Å². The number of primary amides is 1. The Morgan fingerprint density at radius 2 is 2.11 bits per heavy atom. The Morgan fingerprint density at radius 1 is 1.37 bits per heavy atom. The number of fused-ring (bicyclic) bond motifs is 1. The van der Waals surface area contributed by atoms with Crippen molar-refractivity contribution in [1.82, 2.24) is 4.98 Å². The molecule has 5 heteroatoms. The maximum atomic E-state index is 11.0. The number of nitrogen functional groups attached to an aromatic ring is 1. The Balaban J connectivity index is 2.36. The van der Waals surface area contributed by atoms with E-state index in [0.29, 0.717) is 5.69 Å². The van der Waals surface area contributed by atoms with Crippen molar-refractivity contribution in [3.8, 4) is 0 Å². The molecule has 0 saturated carbocycles. The van der Waals surface area contributed by atoms with E-state index in [-0.39, 0.29) is 12.3 Å². The van der Waals surface area contributed by atoms with E-state index in [1.807, 2.05) is 32.0 Å². The zero-order chi connectivity index (χ0) is 14.0. The van der Waals surface area contributed by atoms with E-state index >= 15 is 0 Å². The standard InChI is InChI=1S/C14H18N4O/c1-14(2,7-12(15)19)18-11-4-3-9-8-17-6-5-10(9)13(11)16/h3-6,8,18H,7,16H2,1-2H3,(H2,15,19). The molecule has 1 amide bonds. The Labute approximate surface area is 112 Å². The van der Waals surface area contributed by atoms with Gasteiger partial charge in [-0.3, -0.25) is 9.78 Å². The average Bonchev–Trinajstić information content (AvgIpc) is 2.31. The average molecular weight is 258 g/mol. The monoisotopic (exact) mass is 258 g/mol. The number of rotatable bonds is 4. The minimum absolute atomic E-state index is 0.237. The van der Waals surface area contributed by atoms with Gasteiger partial charge < -0.3 is 16.8 Å². The summed E-state index contributed by atoms with van der Waals surface area (Å²) in [7, 11) is 0. The molecule has 0 saturated heterocycles. The molecule has 5 N–H and O–H groups in total.